The smallest absolute Gasteiger partial charge is 0.437 e. The minimum Gasteiger partial charge on any atom is -0.444 e. The Bertz CT molecular complexity index is 1100. The normalized spacial score (nSPS) is 22.2. The van der Waals surface area contributed by atoms with Crippen LogP contribution in [-0.2, 0) is 18.9 Å². The number of alkyl carbamates (subject to hydrolysis) is 1. The number of hydrogen-bond acceptors (Lipinski definition) is 10. The first-order valence-electron chi connectivity index (χ1n) is 12.0. The maximum Gasteiger partial charge on any atom is 0.437 e. The van der Waals surface area contributed by atoms with Gasteiger partial charge in [0, 0.05) is 25.4 Å². The van der Waals surface area contributed by atoms with E-state index in [1.807, 2.05) is 0 Å². The van der Waals surface area contributed by atoms with E-state index in [-0.39, 0.29) is 19.1 Å². The molecule has 2 amide bonds. The third-order valence-electron chi connectivity index (χ3n) is 4.76. The Morgan fingerprint density at radius 3 is 2.39 bits per heavy atom. The molecule has 15 nitrogen and oxygen atoms in total. The fourth-order valence-electron chi connectivity index (χ4n) is 3.29. The second kappa shape index (κ2) is 13.0. The first-order chi connectivity index (χ1) is 17.6. The molecule has 1 aromatic rings. The molecule has 5 N–H and O–H groups in total. The van der Waals surface area contributed by atoms with Crippen molar-refractivity contribution in [2.24, 2.45) is 4.99 Å². The summed E-state index contributed by atoms with van der Waals surface area (Å²) >= 11 is 0. The number of guanidine groups is 1. The van der Waals surface area contributed by atoms with E-state index in [1.165, 1.54) is 6.20 Å². The highest BCUT2D eigenvalue weighted by Gasteiger charge is 2.45. The van der Waals surface area contributed by atoms with Crippen LogP contribution in [0.4, 0.5) is 9.59 Å². The zero-order valence-electron chi connectivity index (χ0n) is 22.3. The molecule has 0 bridgehead atoms. The summed E-state index contributed by atoms with van der Waals surface area (Å²) in [5.41, 5.74) is -2.95. The minimum atomic E-state index is -1.25. The summed E-state index contributed by atoms with van der Waals surface area (Å²) in [6.45, 7) is 9.73. The Kier molecular flexibility index (Phi) is 10.6. The van der Waals surface area contributed by atoms with Crippen LogP contribution >= 0.6 is 0 Å². The van der Waals surface area contributed by atoms with Crippen LogP contribution in [0.15, 0.2) is 26.8 Å². The van der Waals surface area contributed by atoms with Crippen molar-refractivity contribution in [3.05, 3.63) is 33.1 Å². The van der Waals surface area contributed by atoms with Crippen molar-refractivity contribution in [1.29, 1.82) is 0 Å². The number of carbonyl (C=O) groups excluding carboxylic acids is 2. The van der Waals surface area contributed by atoms with E-state index in [9.17, 15) is 29.4 Å². The summed E-state index contributed by atoms with van der Waals surface area (Å²) in [7, 11) is 0. The molecule has 2 unspecified atom stereocenters. The largest absolute Gasteiger partial charge is 0.444 e. The molecule has 1 aliphatic heterocycles. The van der Waals surface area contributed by atoms with Gasteiger partial charge < -0.3 is 34.5 Å². The van der Waals surface area contributed by atoms with Crippen LogP contribution in [0.5, 0.6) is 0 Å². The number of rotatable bonds is 7. The summed E-state index contributed by atoms with van der Waals surface area (Å²) in [5, 5.41) is 25.2. The van der Waals surface area contributed by atoms with E-state index in [1.54, 1.807) is 41.5 Å². The van der Waals surface area contributed by atoms with Crippen LogP contribution in [0.1, 0.15) is 54.2 Å². The number of aliphatic hydroxyl groups excluding tert-OH is 2. The summed E-state index contributed by atoms with van der Waals surface area (Å²) in [4.78, 5) is 53.7. The molecule has 0 aromatic carbocycles. The summed E-state index contributed by atoms with van der Waals surface area (Å²) in [6, 6.07) is 1.12. The van der Waals surface area contributed by atoms with Gasteiger partial charge in [-0.3, -0.25) is 19.7 Å². The highest BCUT2D eigenvalue weighted by molar-refractivity contribution is 5.98. The van der Waals surface area contributed by atoms with Gasteiger partial charge in [-0.2, -0.15) is 0 Å². The van der Waals surface area contributed by atoms with Crippen LogP contribution in [0.3, 0.4) is 0 Å². The molecule has 1 aliphatic rings. The van der Waals surface area contributed by atoms with Crippen LogP contribution in [0, 0.1) is 0 Å². The van der Waals surface area contributed by atoms with Crippen molar-refractivity contribution in [2.45, 2.75) is 83.7 Å². The Morgan fingerprint density at radius 2 is 1.82 bits per heavy atom. The summed E-state index contributed by atoms with van der Waals surface area (Å²) in [6.07, 6.45) is -4.66. The fourth-order valence-corrected chi connectivity index (χ4v) is 3.29. The zero-order valence-corrected chi connectivity index (χ0v) is 22.3. The van der Waals surface area contributed by atoms with Gasteiger partial charge in [-0.05, 0) is 48.0 Å². The molecular weight excluding hydrogens is 506 g/mol. The number of nitrogens with zero attached hydrogens (tertiary/aromatic N) is 2. The number of H-pyrrole nitrogens is 1. The van der Waals surface area contributed by atoms with Gasteiger partial charge in [0.2, 0.25) is 5.96 Å². The number of hydrogen-bond donors (Lipinski definition) is 5. The molecule has 15 heteroatoms. The van der Waals surface area contributed by atoms with Crippen molar-refractivity contribution in [2.75, 3.05) is 19.8 Å². The lowest BCUT2D eigenvalue weighted by molar-refractivity contribution is -0.0745. The number of carbonyl (C=O) groups is 2. The maximum atomic E-state index is 12.2. The minimum absolute atomic E-state index is 0.0387. The van der Waals surface area contributed by atoms with Crippen LogP contribution in [0.2, 0.25) is 0 Å². The van der Waals surface area contributed by atoms with Crippen molar-refractivity contribution in [3.63, 3.8) is 0 Å². The average Bonchev–Trinajstić information content (AvgIpc) is 3.06. The first kappa shape index (κ1) is 31.0. The molecule has 0 saturated carbocycles. The molecule has 2 rings (SSSR count). The standard InChI is InChI=1S/C23H37N5O10/c1-22(2,3)37-20(33)26-18(27-21(34)38-23(4,5)6)24-9-7-11-35-16-15(31)13(12-29)36-17(16)28-10-8-14(30)25-19(28)32/h8,10,13,15-17,29,31H,7,9,11-12H2,1-6H3,(H,25,30,32)(H2,24,26,27,33,34)/t13-,15?,16?,17-/m0/s1. The fraction of sp³-hybridized carbons (Fsp3) is 0.696. The van der Waals surface area contributed by atoms with Crippen molar-refractivity contribution < 1.29 is 38.7 Å². The zero-order chi connectivity index (χ0) is 28.7. The SMILES string of the molecule is CC(C)(C)OC(=O)N=C(NCCCOC1C(O)[C@H](CO)O[C@@H]1n1ccc(=O)[nH]c1=O)NC(=O)OC(C)(C)C. The number of nitrogens with one attached hydrogen (secondary N) is 3. The van der Waals surface area contributed by atoms with E-state index < -0.39 is 65.8 Å². The molecule has 0 radical (unpaired) electrons. The second-order valence-electron chi connectivity index (χ2n) is 10.4. The first-order valence-corrected chi connectivity index (χ1v) is 12.0. The number of aromatic nitrogens is 2. The van der Waals surface area contributed by atoms with E-state index >= 15 is 0 Å². The van der Waals surface area contributed by atoms with Crippen LogP contribution in [0.25, 0.3) is 0 Å². The monoisotopic (exact) mass is 543 g/mol. The molecule has 214 valence electrons. The van der Waals surface area contributed by atoms with E-state index in [4.69, 9.17) is 18.9 Å². The quantitative estimate of drug-likeness (QED) is 0.175. The predicted molar refractivity (Wildman–Crippen MR) is 134 cm³/mol. The lowest BCUT2D eigenvalue weighted by Gasteiger charge is -2.22. The average molecular weight is 544 g/mol. The Hall–Kier alpha value is -3.27. The third kappa shape index (κ3) is 9.89. The Morgan fingerprint density at radius 1 is 1.16 bits per heavy atom. The van der Waals surface area contributed by atoms with Crippen LogP contribution in [-0.4, -0.2) is 87.2 Å². The van der Waals surface area contributed by atoms with E-state index in [0.717, 1.165) is 10.6 Å². The summed E-state index contributed by atoms with van der Waals surface area (Å²) < 4.78 is 22.7. The Balaban J connectivity index is 2.02. The molecule has 2 heterocycles. The Labute approximate surface area is 219 Å². The highest BCUT2D eigenvalue weighted by atomic mass is 16.6. The molecular formula is C23H37N5O10. The lowest BCUT2D eigenvalue weighted by atomic mass is 10.1. The molecule has 1 fully saturated rings. The molecule has 1 saturated heterocycles. The molecule has 1 aromatic heterocycles. The third-order valence-corrected chi connectivity index (χ3v) is 4.76. The second-order valence-corrected chi connectivity index (χ2v) is 10.4. The van der Waals surface area contributed by atoms with Crippen molar-refractivity contribution in [1.82, 2.24) is 20.2 Å². The van der Waals surface area contributed by atoms with Gasteiger partial charge in [0.1, 0.15) is 29.5 Å². The van der Waals surface area contributed by atoms with Gasteiger partial charge in [0.25, 0.3) is 5.56 Å². The molecule has 4 atom stereocenters. The van der Waals surface area contributed by atoms with Gasteiger partial charge in [0.05, 0.1) is 6.61 Å². The van der Waals surface area contributed by atoms with Gasteiger partial charge in [-0.15, -0.1) is 4.99 Å². The van der Waals surface area contributed by atoms with Gasteiger partial charge in [-0.25, -0.2) is 14.4 Å². The lowest BCUT2D eigenvalue weighted by Crippen LogP contribution is -2.44. The number of aliphatic imine (C=N–C) groups is 1. The topological polar surface area (TPSA) is 203 Å². The van der Waals surface area contributed by atoms with E-state index in [0.29, 0.717) is 6.42 Å². The molecule has 38 heavy (non-hydrogen) atoms. The van der Waals surface area contributed by atoms with Crippen molar-refractivity contribution >= 4 is 18.1 Å². The van der Waals surface area contributed by atoms with E-state index in [2.05, 4.69) is 20.6 Å². The van der Waals surface area contributed by atoms with Crippen LogP contribution < -0.4 is 21.9 Å². The number of aromatic amines is 1. The number of aliphatic hydroxyl groups is 2. The molecule has 0 aliphatic carbocycles. The predicted octanol–water partition coefficient (Wildman–Crippen LogP) is -0.0321. The maximum absolute atomic E-state index is 12.2. The van der Waals surface area contributed by atoms with Gasteiger partial charge in [0.15, 0.2) is 6.23 Å². The highest BCUT2D eigenvalue weighted by Crippen LogP contribution is 2.30. The molecule has 0 spiro atoms. The van der Waals surface area contributed by atoms with Gasteiger partial charge in [-0.1, -0.05) is 0 Å². The summed E-state index contributed by atoms with van der Waals surface area (Å²) in [5.74, 6) is -0.198. The van der Waals surface area contributed by atoms with Gasteiger partial charge >= 0.3 is 17.9 Å². The number of ether oxygens (including phenoxy) is 4. The number of amides is 2. The van der Waals surface area contributed by atoms with Crippen molar-refractivity contribution in [3.8, 4) is 0 Å².